The van der Waals surface area contributed by atoms with Gasteiger partial charge < -0.3 is 10.5 Å². The van der Waals surface area contributed by atoms with Crippen molar-refractivity contribution in [3.8, 4) is 11.5 Å². The smallest absolute Gasteiger partial charge is 0.352 e. The van der Waals surface area contributed by atoms with E-state index in [2.05, 4.69) is 4.89 Å². The number of halogens is 2. The van der Waals surface area contributed by atoms with Crippen molar-refractivity contribution in [2.75, 3.05) is 0 Å². The van der Waals surface area contributed by atoms with Gasteiger partial charge in [0.15, 0.2) is 0 Å². The third-order valence-corrected chi connectivity index (χ3v) is 5.78. The standard InChI is InChI=1S/C20H17Cl2NO5S/c1-3-11-6-14(26-9-12-4-5-13(21)7-15(12)22)8-16-17(11)18(28-27-10(2)24)19(29-16)20(23)25/h4-8H,3,9H2,1-2H3,(H2,23,25). The van der Waals surface area contributed by atoms with E-state index in [1.165, 1.54) is 6.92 Å². The summed E-state index contributed by atoms with van der Waals surface area (Å²) >= 11 is 13.3. The highest BCUT2D eigenvalue weighted by molar-refractivity contribution is 7.21. The van der Waals surface area contributed by atoms with Crippen LogP contribution >= 0.6 is 34.5 Å². The maximum Gasteiger partial charge on any atom is 0.352 e. The lowest BCUT2D eigenvalue weighted by Gasteiger charge is -2.11. The van der Waals surface area contributed by atoms with Crippen molar-refractivity contribution in [1.29, 1.82) is 0 Å². The summed E-state index contributed by atoms with van der Waals surface area (Å²) in [6.45, 7) is 3.40. The number of primary amides is 1. The van der Waals surface area contributed by atoms with Gasteiger partial charge in [-0.05, 0) is 36.2 Å². The molecule has 29 heavy (non-hydrogen) atoms. The maximum atomic E-state index is 11.9. The largest absolute Gasteiger partial charge is 0.489 e. The van der Waals surface area contributed by atoms with Crippen LogP contribution in [-0.2, 0) is 22.7 Å². The van der Waals surface area contributed by atoms with Gasteiger partial charge in [0.2, 0.25) is 5.75 Å². The van der Waals surface area contributed by atoms with E-state index in [4.69, 9.17) is 38.6 Å². The fraction of sp³-hybridized carbons (Fsp3) is 0.200. The average molecular weight is 454 g/mol. The molecule has 0 fully saturated rings. The fourth-order valence-electron chi connectivity index (χ4n) is 2.76. The molecular formula is C20H17Cl2NO5S. The minimum Gasteiger partial charge on any atom is -0.489 e. The van der Waals surface area contributed by atoms with Crippen LogP contribution in [0.4, 0.5) is 0 Å². The Kier molecular flexibility index (Phi) is 6.52. The summed E-state index contributed by atoms with van der Waals surface area (Å²) in [4.78, 5) is 32.9. The van der Waals surface area contributed by atoms with Crippen LogP contribution in [0.3, 0.4) is 0 Å². The summed E-state index contributed by atoms with van der Waals surface area (Å²) in [6, 6.07) is 8.80. The predicted octanol–water partition coefficient (Wildman–Crippen LogP) is 5.31. The van der Waals surface area contributed by atoms with Gasteiger partial charge in [0.1, 0.15) is 17.2 Å². The molecule has 1 aromatic heterocycles. The Bertz CT molecular complexity index is 1100. The number of benzene rings is 2. The first kappa shape index (κ1) is 21.2. The second-order valence-electron chi connectivity index (χ2n) is 6.12. The maximum absolute atomic E-state index is 11.9. The van der Waals surface area contributed by atoms with E-state index in [-0.39, 0.29) is 17.2 Å². The number of amides is 1. The molecule has 9 heteroatoms. The van der Waals surface area contributed by atoms with Gasteiger partial charge in [-0.3, -0.25) is 14.6 Å². The van der Waals surface area contributed by atoms with Crippen molar-refractivity contribution in [1.82, 2.24) is 0 Å². The summed E-state index contributed by atoms with van der Waals surface area (Å²) in [5, 5.41) is 1.72. The Morgan fingerprint density at radius 3 is 2.52 bits per heavy atom. The van der Waals surface area contributed by atoms with E-state index in [1.54, 1.807) is 24.3 Å². The molecule has 0 spiro atoms. The number of fused-ring (bicyclic) bond motifs is 1. The van der Waals surface area contributed by atoms with Crippen LogP contribution in [0.5, 0.6) is 11.5 Å². The van der Waals surface area contributed by atoms with E-state index in [1.807, 2.05) is 13.0 Å². The number of thiophene rings is 1. The molecule has 6 nitrogen and oxygen atoms in total. The van der Waals surface area contributed by atoms with Crippen LogP contribution in [0.1, 0.15) is 34.6 Å². The van der Waals surface area contributed by atoms with E-state index in [9.17, 15) is 9.59 Å². The Hall–Kier alpha value is -2.48. The zero-order chi connectivity index (χ0) is 21.1. The molecular weight excluding hydrogens is 437 g/mol. The van der Waals surface area contributed by atoms with Gasteiger partial charge in [0.25, 0.3) is 5.91 Å². The number of aryl methyl sites for hydroxylation is 1. The normalized spacial score (nSPS) is 10.8. The van der Waals surface area contributed by atoms with Gasteiger partial charge in [-0.15, -0.1) is 11.3 Å². The minimum absolute atomic E-state index is 0.136. The SMILES string of the molecule is CCc1cc(OCc2ccc(Cl)cc2Cl)cc2sc(C(N)=O)c(OOC(C)=O)c12. The first-order valence-corrected chi connectivity index (χ1v) is 10.2. The van der Waals surface area contributed by atoms with Crippen molar-refractivity contribution in [3.63, 3.8) is 0 Å². The molecule has 0 bridgehead atoms. The minimum atomic E-state index is -0.675. The van der Waals surface area contributed by atoms with Crippen molar-refractivity contribution < 1.29 is 24.1 Å². The number of rotatable bonds is 7. The molecule has 1 heterocycles. The van der Waals surface area contributed by atoms with Gasteiger partial charge in [0, 0.05) is 32.6 Å². The van der Waals surface area contributed by atoms with Crippen LogP contribution in [0.2, 0.25) is 10.0 Å². The summed E-state index contributed by atoms with van der Waals surface area (Å²) < 4.78 is 6.63. The molecule has 3 aromatic rings. The molecule has 152 valence electrons. The highest BCUT2D eigenvalue weighted by Crippen LogP contribution is 2.42. The van der Waals surface area contributed by atoms with Crippen LogP contribution < -0.4 is 15.4 Å². The zero-order valence-electron chi connectivity index (χ0n) is 15.6. The van der Waals surface area contributed by atoms with Gasteiger partial charge in [-0.1, -0.05) is 36.2 Å². The average Bonchev–Trinajstić information content (AvgIpc) is 3.04. The summed E-state index contributed by atoms with van der Waals surface area (Å²) in [5.74, 6) is -0.586. The molecule has 0 aliphatic heterocycles. The van der Waals surface area contributed by atoms with Crippen LogP contribution in [0.15, 0.2) is 30.3 Å². The fourth-order valence-corrected chi connectivity index (χ4v) is 4.27. The Morgan fingerprint density at radius 2 is 1.90 bits per heavy atom. The summed E-state index contributed by atoms with van der Waals surface area (Å²) in [6.07, 6.45) is 0.626. The number of hydrogen-bond acceptors (Lipinski definition) is 6. The van der Waals surface area contributed by atoms with Crippen molar-refractivity contribution in [2.45, 2.75) is 26.9 Å². The lowest BCUT2D eigenvalue weighted by atomic mass is 10.1. The molecule has 0 aliphatic rings. The van der Waals surface area contributed by atoms with E-state index >= 15 is 0 Å². The molecule has 2 N–H and O–H groups in total. The van der Waals surface area contributed by atoms with Gasteiger partial charge in [0.05, 0.1) is 0 Å². The zero-order valence-corrected chi connectivity index (χ0v) is 17.9. The van der Waals surface area contributed by atoms with Crippen molar-refractivity contribution >= 4 is 56.5 Å². The second kappa shape index (κ2) is 8.90. The van der Waals surface area contributed by atoms with Crippen molar-refractivity contribution in [2.24, 2.45) is 5.73 Å². The predicted molar refractivity (Wildman–Crippen MR) is 113 cm³/mol. The Balaban J connectivity index is 1.98. The molecule has 0 saturated heterocycles. The van der Waals surface area contributed by atoms with Crippen molar-refractivity contribution in [3.05, 3.63) is 56.4 Å². The Morgan fingerprint density at radius 1 is 1.14 bits per heavy atom. The summed E-state index contributed by atoms with van der Waals surface area (Å²) in [7, 11) is 0. The first-order valence-electron chi connectivity index (χ1n) is 8.61. The second-order valence-corrected chi connectivity index (χ2v) is 8.01. The highest BCUT2D eigenvalue weighted by atomic mass is 35.5. The molecule has 2 aromatic carbocycles. The van der Waals surface area contributed by atoms with Gasteiger partial charge >= 0.3 is 5.97 Å². The van der Waals surface area contributed by atoms with E-state index in [0.29, 0.717) is 27.6 Å². The number of carbonyl (C=O) groups is 2. The topological polar surface area (TPSA) is 87.8 Å². The molecule has 0 unspecified atom stereocenters. The molecule has 0 radical (unpaired) electrons. The molecule has 1 amide bonds. The number of carbonyl (C=O) groups excluding carboxylic acids is 2. The van der Waals surface area contributed by atoms with Gasteiger partial charge in [-0.25, -0.2) is 4.79 Å². The third kappa shape index (κ3) is 4.75. The first-order chi connectivity index (χ1) is 13.8. The number of hydrogen-bond donors (Lipinski definition) is 1. The lowest BCUT2D eigenvalue weighted by molar-refractivity contribution is -0.210. The highest BCUT2D eigenvalue weighted by Gasteiger charge is 2.23. The molecule has 0 atom stereocenters. The third-order valence-electron chi connectivity index (χ3n) is 4.06. The molecule has 0 aliphatic carbocycles. The van der Waals surface area contributed by atoms with Crippen LogP contribution in [-0.4, -0.2) is 11.9 Å². The number of nitrogens with two attached hydrogens (primary N) is 1. The summed E-state index contributed by atoms with van der Waals surface area (Å²) in [5.41, 5.74) is 7.11. The monoisotopic (exact) mass is 453 g/mol. The van der Waals surface area contributed by atoms with E-state index < -0.39 is 11.9 Å². The Labute approximate surface area is 181 Å². The lowest BCUT2D eigenvalue weighted by Crippen LogP contribution is -2.12. The molecule has 0 saturated carbocycles. The van der Waals surface area contributed by atoms with Crippen LogP contribution in [0, 0.1) is 0 Å². The number of ether oxygens (including phenoxy) is 1. The van der Waals surface area contributed by atoms with Crippen LogP contribution in [0.25, 0.3) is 10.1 Å². The molecule has 3 rings (SSSR count). The van der Waals surface area contributed by atoms with Gasteiger partial charge in [-0.2, -0.15) is 0 Å². The van der Waals surface area contributed by atoms with E-state index in [0.717, 1.165) is 27.2 Å². The quantitative estimate of drug-likeness (QED) is 0.386.